The first-order valence-electron chi connectivity index (χ1n) is 4.83. The van der Waals surface area contributed by atoms with Crippen molar-refractivity contribution in [3.05, 3.63) is 32.9 Å². The fourth-order valence-electron chi connectivity index (χ4n) is 1.67. The highest BCUT2D eigenvalue weighted by Crippen LogP contribution is 2.29. The van der Waals surface area contributed by atoms with Crippen LogP contribution >= 0.6 is 22.6 Å². The Hall–Kier alpha value is -0.720. The van der Waals surface area contributed by atoms with Crippen LogP contribution in [0.25, 0.3) is 0 Å². The van der Waals surface area contributed by atoms with Crippen molar-refractivity contribution < 1.29 is 13.6 Å². The number of benzene rings is 1. The summed E-state index contributed by atoms with van der Waals surface area (Å²) in [5, 5.41) is 0. The van der Waals surface area contributed by atoms with Crippen LogP contribution in [-0.2, 0) is 0 Å². The van der Waals surface area contributed by atoms with E-state index in [1.807, 2.05) is 13.0 Å². The van der Waals surface area contributed by atoms with Crippen molar-refractivity contribution in [3.8, 4) is 0 Å². The zero-order chi connectivity index (χ0) is 11.9. The monoisotopic (exact) mass is 337 g/mol. The second-order valence-electron chi connectivity index (χ2n) is 3.93. The molecule has 16 heavy (non-hydrogen) atoms. The molecule has 5 heteroatoms. The number of carbonyl (C=O) groups excluding carboxylic acids is 1. The summed E-state index contributed by atoms with van der Waals surface area (Å²) in [6.45, 7) is 0.903. The standard InChI is InChI=1S/C11H10F2INO/c1-7-8(3-2-4-9(7)14)10(16)15-5-11(12,13)6-15/h2-4H,5-6H2,1H3. The van der Waals surface area contributed by atoms with Crippen LogP contribution in [0.2, 0.25) is 0 Å². The van der Waals surface area contributed by atoms with E-state index in [-0.39, 0.29) is 5.91 Å². The van der Waals surface area contributed by atoms with E-state index in [0.29, 0.717) is 5.56 Å². The lowest BCUT2D eigenvalue weighted by atomic mass is 10.0. The zero-order valence-electron chi connectivity index (χ0n) is 8.64. The van der Waals surface area contributed by atoms with Crippen molar-refractivity contribution in [1.82, 2.24) is 4.90 Å². The fourth-order valence-corrected chi connectivity index (χ4v) is 2.16. The van der Waals surface area contributed by atoms with Crippen molar-refractivity contribution in [2.24, 2.45) is 0 Å². The van der Waals surface area contributed by atoms with Gasteiger partial charge in [-0.25, -0.2) is 8.78 Å². The first kappa shape index (κ1) is 11.8. The highest BCUT2D eigenvalue weighted by Gasteiger charge is 2.46. The largest absolute Gasteiger partial charge is 0.326 e. The predicted octanol–water partition coefficient (Wildman–Crippen LogP) is 2.69. The molecule has 2 nitrogen and oxygen atoms in total. The Kier molecular flexibility index (Phi) is 2.90. The Morgan fingerprint density at radius 2 is 2.06 bits per heavy atom. The quantitative estimate of drug-likeness (QED) is 0.722. The highest BCUT2D eigenvalue weighted by atomic mass is 127. The van der Waals surface area contributed by atoms with Crippen LogP contribution in [0.5, 0.6) is 0 Å². The van der Waals surface area contributed by atoms with Crippen molar-refractivity contribution >= 4 is 28.5 Å². The van der Waals surface area contributed by atoms with E-state index in [1.54, 1.807) is 12.1 Å². The fraction of sp³-hybridized carbons (Fsp3) is 0.364. The number of rotatable bonds is 1. The van der Waals surface area contributed by atoms with Gasteiger partial charge in [0.1, 0.15) is 0 Å². The summed E-state index contributed by atoms with van der Waals surface area (Å²) < 4.78 is 26.3. The zero-order valence-corrected chi connectivity index (χ0v) is 10.8. The Labute approximate surface area is 106 Å². The Balaban J connectivity index is 2.20. The van der Waals surface area contributed by atoms with Crippen molar-refractivity contribution in [2.45, 2.75) is 12.8 Å². The molecule has 1 aromatic carbocycles. The van der Waals surface area contributed by atoms with E-state index >= 15 is 0 Å². The van der Waals surface area contributed by atoms with Gasteiger partial charge in [-0.2, -0.15) is 0 Å². The van der Waals surface area contributed by atoms with Gasteiger partial charge in [0.15, 0.2) is 0 Å². The molecule has 86 valence electrons. The van der Waals surface area contributed by atoms with Crippen LogP contribution < -0.4 is 0 Å². The predicted molar refractivity (Wildman–Crippen MR) is 64.7 cm³/mol. The maximum atomic E-state index is 12.6. The molecule has 1 aromatic rings. The molecule has 0 radical (unpaired) electrons. The Morgan fingerprint density at radius 3 is 2.62 bits per heavy atom. The number of carbonyl (C=O) groups is 1. The van der Waals surface area contributed by atoms with Crippen LogP contribution in [0, 0.1) is 10.5 Å². The lowest BCUT2D eigenvalue weighted by Gasteiger charge is -2.38. The molecule has 1 aliphatic rings. The minimum atomic E-state index is -2.70. The summed E-state index contributed by atoms with van der Waals surface area (Å²) in [4.78, 5) is 13.1. The molecule has 1 saturated heterocycles. The van der Waals surface area contributed by atoms with Gasteiger partial charge in [0.2, 0.25) is 0 Å². The Bertz CT molecular complexity index is 440. The molecule has 1 amide bonds. The first-order valence-corrected chi connectivity index (χ1v) is 5.91. The summed E-state index contributed by atoms with van der Waals surface area (Å²) in [7, 11) is 0. The van der Waals surface area contributed by atoms with Crippen LogP contribution in [-0.4, -0.2) is 29.8 Å². The summed E-state index contributed by atoms with van der Waals surface area (Å²) in [5.74, 6) is -3.01. The van der Waals surface area contributed by atoms with Gasteiger partial charge >= 0.3 is 0 Å². The van der Waals surface area contributed by atoms with Crippen molar-refractivity contribution in [2.75, 3.05) is 13.1 Å². The van der Waals surface area contributed by atoms with E-state index in [2.05, 4.69) is 22.6 Å². The molecule has 1 heterocycles. The molecule has 0 aliphatic carbocycles. The van der Waals surface area contributed by atoms with Gasteiger partial charge in [-0.3, -0.25) is 4.79 Å². The average Bonchev–Trinajstić information content (AvgIpc) is 2.17. The smallest absolute Gasteiger partial charge is 0.282 e. The van der Waals surface area contributed by atoms with E-state index in [1.165, 1.54) is 4.90 Å². The van der Waals surface area contributed by atoms with Crippen LogP contribution in [0.3, 0.4) is 0 Å². The Morgan fingerprint density at radius 1 is 1.44 bits per heavy atom. The number of alkyl halides is 2. The molecular formula is C11H10F2INO. The van der Waals surface area contributed by atoms with Gasteiger partial charge in [0.05, 0.1) is 13.1 Å². The summed E-state index contributed by atoms with van der Waals surface area (Å²) in [6.07, 6.45) is 0. The van der Waals surface area contributed by atoms with E-state index in [0.717, 1.165) is 9.13 Å². The van der Waals surface area contributed by atoms with Crippen LogP contribution in [0.4, 0.5) is 8.78 Å². The summed E-state index contributed by atoms with van der Waals surface area (Å²) in [5.41, 5.74) is 1.37. The topological polar surface area (TPSA) is 20.3 Å². The number of halogens is 3. The molecule has 0 saturated carbocycles. The minimum Gasteiger partial charge on any atom is -0.326 e. The van der Waals surface area contributed by atoms with Gasteiger partial charge in [-0.15, -0.1) is 0 Å². The lowest BCUT2D eigenvalue weighted by molar-refractivity contribution is -0.113. The number of hydrogen-bond donors (Lipinski definition) is 0. The number of nitrogens with zero attached hydrogens (tertiary/aromatic N) is 1. The minimum absolute atomic E-state index is 0.304. The molecule has 0 spiro atoms. The van der Waals surface area contributed by atoms with Crippen molar-refractivity contribution in [1.29, 1.82) is 0 Å². The van der Waals surface area contributed by atoms with Crippen LogP contribution in [0.15, 0.2) is 18.2 Å². The SMILES string of the molecule is Cc1c(I)cccc1C(=O)N1CC(F)(F)C1. The second kappa shape index (κ2) is 3.94. The maximum absolute atomic E-state index is 12.6. The molecule has 0 unspecified atom stereocenters. The molecule has 1 fully saturated rings. The number of amides is 1. The first-order chi connectivity index (χ1) is 7.41. The molecule has 0 aromatic heterocycles. The normalized spacial score (nSPS) is 18.1. The van der Waals surface area contributed by atoms with Crippen molar-refractivity contribution in [3.63, 3.8) is 0 Å². The molecule has 1 aliphatic heterocycles. The third-order valence-corrected chi connectivity index (χ3v) is 3.80. The summed E-state index contributed by atoms with van der Waals surface area (Å²) >= 11 is 2.12. The summed E-state index contributed by atoms with van der Waals surface area (Å²) in [6, 6.07) is 5.33. The van der Waals surface area contributed by atoms with Gasteiger partial charge in [0.25, 0.3) is 11.8 Å². The third kappa shape index (κ3) is 2.05. The van der Waals surface area contributed by atoms with Gasteiger partial charge in [-0.05, 0) is 47.2 Å². The second-order valence-corrected chi connectivity index (χ2v) is 5.09. The third-order valence-electron chi connectivity index (χ3n) is 2.63. The lowest BCUT2D eigenvalue weighted by Crippen LogP contribution is -2.58. The molecule has 0 N–H and O–H groups in total. The van der Waals surface area contributed by atoms with E-state index in [9.17, 15) is 13.6 Å². The van der Waals surface area contributed by atoms with Gasteiger partial charge < -0.3 is 4.90 Å². The van der Waals surface area contributed by atoms with E-state index < -0.39 is 19.0 Å². The van der Waals surface area contributed by atoms with E-state index in [4.69, 9.17) is 0 Å². The molecular weight excluding hydrogens is 327 g/mol. The van der Waals surface area contributed by atoms with Gasteiger partial charge in [0, 0.05) is 9.13 Å². The molecule has 2 rings (SSSR count). The number of hydrogen-bond acceptors (Lipinski definition) is 1. The molecule has 0 bridgehead atoms. The maximum Gasteiger partial charge on any atom is 0.282 e. The molecule has 0 atom stereocenters. The average molecular weight is 337 g/mol. The highest BCUT2D eigenvalue weighted by molar-refractivity contribution is 14.1. The van der Waals surface area contributed by atoms with Crippen LogP contribution in [0.1, 0.15) is 15.9 Å². The van der Waals surface area contributed by atoms with Gasteiger partial charge in [-0.1, -0.05) is 6.07 Å². The number of likely N-dealkylation sites (tertiary alicyclic amines) is 1.